The molecule has 1 aliphatic heterocycles. The lowest BCUT2D eigenvalue weighted by molar-refractivity contribution is 0.206. The lowest BCUT2D eigenvalue weighted by Gasteiger charge is -2.30. The topological polar surface area (TPSA) is 90.7 Å². The maximum Gasteiger partial charge on any atom is 0.331 e. The van der Waals surface area contributed by atoms with Crippen LogP contribution in [0, 0.1) is 0 Å². The minimum atomic E-state index is -0.641. The van der Waals surface area contributed by atoms with Gasteiger partial charge in [-0.05, 0) is 24.0 Å². The molecule has 160 valence electrons. The maximum atomic E-state index is 12.3. The molecular formula is C24H26N4O3. The van der Waals surface area contributed by atoms with Crippen LogP contribution in [0.4, 0.5) is 0 Å². The number of nitrogens with zero attached hydrogens (tertiary/aromatic N) is 3. The Morgan fingerprint density at radius 3 is 2.13 bits per heavy atom. The standard InChI is InChI=1S/C24H26N4O3/c29-22-21(23(30)28(24(31)26-22)17-19-9-5-2-6-10-19)15-25-20-11-13-27(14-12-20)16-18-7-3-1-4-8-18/h1-10,15,20,30H,11-14,16-17H2,(H,26,29,31). The molecule has 0 unspecified atom stereocenters. The summed E-state index contributed by atoms with van der Waals surface area (Å²) in [7, 11) is 0. The van der Waals surface area contributed by atoms with Gasteiger partial charge in [0.05, 0.1) is 12.6 Å². The number of aromatic hydroxyl groups is 1. The van der Waals surface area contributed by atoms with Crippen LogP contribution in [0.2, 0.25) is 0 Å². The van der Waals surface area contributed by atoms with Gasteiger partial charge in [0.15, 0.2) is 0 Å². The molecule has 1 aliphatic rings. The third-order valence-electron chi connectivity index (χ3n) is 5.61. The lowest BCUT2D eigenvalue weighted by Crippen LogP contribution is -2.35. The third kappa shape index (κ3) is 5.19. The highest BCUT2D eigenvalue weighted by Gasteiger charge is 2.19. The highest BCUT2D eigenvalue weighted by Crippen LogP contribution is 2.17. The van der Waals surface area contributed by atoms with Crippen LogP contribution in [0.5, 0.6) is 5.88 Å². The van der Waals surface area contributed by atoms with Crippen LogP contribution >= 0.6 is 0 Å². The molecular weight excluding hydrogens is 392 g/mol. The molecule has 0 aliphatic carbocycles. The average molecular weight is 418 g/mol. The first-order chi connectivity index (χ1) is 15.1. The molecule has 0 atom stereocenters. The first kappa shape index (κ1) is 20.8. The third-order valence-corrected chi connectivity index (χ3v) is 5.61. The second kappa shape index (κ2) is 9.57. The van der Waals surface area contributed by atoms with Crippen LogP contribution < -0.4 is 11.2 Å². The Hall–Kier alpha value is -3.45. The molecule has 31 heavy (non-hydrogen) atoms. The average Bonchev–Trinajstić information content (AvgIpc) is 2.79. The quantitative estimate of drug-likeness (QED) is 0.602. The zero-order valence-electron chi connectivity index (χ0n) is 17.3. The number of hydrogen-bond donors (Lipinski definition) is 2. The summed E-state index contributed by atoms with van der Waals surface area (Å²) in [5.41, 5.74) is 0.888. The monoisotopic (exact) mass is 418 g/mol. The summed E-state index contributed by atoms with van der Waals surface area (Å²) in [6.45, 7) is 2.93. The van der Waals surface area contributed by atoms with Crippen molar-refractivity contribution in [2.75, 3.05) is 13.1 Å². The van der Waals surface area contributed by atoms with Crippen molar-refractivity contribution in [3.63, 3.8) is 0 Å². The van der Waals surface area contributed by atoms with Gasteiger partial charge in [-0.25, -0.2) is 4.79 Å². The normalized spacial score (nSPS) is 15.5. The number of benzene rings is 2. The van der Waals surface area contributed by atoms with Gasteiger partial charge >= 0.3 is 5.69 Å². The molecule has 0 radical (unpaired) electrons. The van der Waals surface area contributed by atoms with Gasteiger partial charge in [0.25, 0.3) is 5.56 Å². The second-order valence-electron chi connectivity index (χ2n) is 7.84. The SMILES string of the molecule is O=c1[nH]c(=O)n(Cc2ccccc2)c(O)c1C=NC1CCN(Cc2ccccc2)CC1. The Morgan fingerprint density at radius 2 is 1.52 bits per heavy atom. The molecule has 7 heteroatoms. The first-order valence-electron chi connectivity index (χ1n) is 10.5. The Labute approximate surface area is 180 Å². The van der Waals surface area contributed by atoms with E-state index in [0.29, 0.717) is 0 Å². The van der Waals surface area contributed by atoms with Crippen LogP contribution in [0.25, 0.3) is 0 Å². The number of aromatic amines is 1. The Kier molecular flexibility index (Phi) is 6.43. The summed E-state index contributed by atoms with van der Waals surface area (Å²) in [5.74, 6) is -0.358. The van der Waals surface area contributed by atoms with E-state index >= 15 is 0 Å². The molecule has 2 N–H and O–H groups in total. The smallest absolute Gasteiger partial charge is 0.331 e. The van der Waals surface area contributed by atoms with Crippen molar-refractivity contribution in [2.45, 2.75) is 32.0 Å². The second-order valence-corrected chi connectivity index (χ2v) is 7.84. The fraction of sp³-hybridized carbons (Fsp3) is 0.292. The van der Waals surface area contributed by atoms with Crippen molar-refractivity contribution in [2.24, 2.45) is 4.99 Å². The Morgan fingerprint density at radius 1 is 0.935 bits per heavy atom. The van der Waals surface area contributed by atoms with E-state index in [-0.39, 0.29) is 24.0 Å². The van der Waals surface area contributed by atoms with Crippen molar-refractivity contribution >= 4 is 6.21 Å². The maximum absolute atomic E-state index is 12.3. The van der Waals surface area contributed by atoms with Gasteiger partial charge in [-0.3, -0.25) is 24.2 Å². The van der Waals surface area contributed by atoms with Crippen LogP contribution in [-0.4, -0.2) is 44.9 Å². The van der Waals surface area contributed by atoms with E-state index < -0.39 is 11.2 Å². The number of nitrogens with one attached hydrogen (secondary N) is 1. The predicted octanol–water partition coefficient (Wildman–Crippen LogP) is 2.37. The van der Waals surface area contributed by atoms with E-state index in [1.165, 1.54) is 11.8 Å². The van der Waals surface area contributed by atoms with Gasteiger partial charge in [0.2, 0.25) is 5.88 Å². The van der Waals surface area contributed by atoms with Crippen molar-refractivity contribution in [1.29, 1.82) is 0 Å². The van der Waals surface area contributed by atoms with Crippen molar-refractivity contribution in [1.82, 2.24) is 14.5 Å². The zero-order chi connectivity index (χ0) is 21.6. The number of H-pyrrole nitrogens is 1. The number of aliphatic imine (C=N–C) groups is 1. The molecule has 0 amide bonds. The number of hydrogen-bond acceptors (Lipinski definition) is 5. The van der Waals surface area contributed by atoms with Gasteiger partial charge < -0.3 is 5.11 Å². The molecule has 0 saturated carbocycles. The molecule has 3 aromatic rings. The highest BCUT2D eigenvalue weighted by molar-refractivity contribution is 5.82. The minimum absolute atomic E-state index is 0.0160. The highest BCUT2D eigenvalue weighted by atomic mass is 16.3. The van der Waals surface area contributed by atoms with E-state index in [9.17, 15) is 14.7 Å². The van der Waals surface area contributed by atoms with Gasteiger partial charge in [-0.15, -0.1) is 0 Å². The summed E-state index contributed by atoms with van der Waals surface area (Å²) in [6, 6.07) is 19.8. The fourth-order valence-corrected chi connectivity index (χ4v) is 3.85. The number of piperidine rings is 1. The van der Waals surface area contributed by atoms with E-state index in [1.807, 2.05) is 48.5 Å². The minimum Gasteiger partial charge on any atom is -0.494 e. The Balaban J connectivity index is 1.44. The van der Waals surface area contributed by atoms with E-state index in [1.54, 1.807) is 0 Å². The van der Waals surface area contributed by atoms with E-state index in [0.717, 1.165) is 42.6 Å². The molecule has 7 nitrogen and oxygen atoms in total. The van der Waals surface area contributed by atoms with Crippen LogP contribution in [0.3, 0.4) is 0 Å². The zero-order valence-corrected chi connectivity index (χ0v) is 17.3. The summed E-state index contributed by atoms with van der Waals surface area (Å²) in [6.07, 6.45) is 3.17. The van der Waals surface area contributed by atoms with Crippen LogP contribution in [0.1, 0.15) is 29.5 Å². The summed E-state index contributed by atoms with van der Waals surface area (Å²) in [5, 5.41) is 10.6. The van der Waals surface area contributed by atoms with Gasteiger partial charge in [-0.1, -0.05) is 60.7 Å². The van der Waals surface area contributed by atoms with Crippen LogP contribution in [0.15, 0.2) is 75.2 Å². The van der Waals surface area contributed by atoms with Gasteiger partial charge in [0, 0.05) is 25.8 Å². The molecule has 0 bridgehead atoms. The largest absolute Gasteiger partial charge is 0.494 e. The molecule has 1 saturated heterocycles. The molecule has 0 spiro atoms. The molecule has 2 aromatic carbocycles. The molecule has 2 heterocycles. The number of likely N-dealkylation sites (tertiary alicyclic amines) is 1. The molecule has 4 rings (SSSR count). The first-order valence-corrected chi connectivity index (χ1v) is 10.5. The number of rotatable bonds is 6. The molecule has 1 fully saturated rings. The lowest BCUT2D eigenvalue weighted by atomic mass is 10.0. The molecule has 1 aromatic heterocycles. The Bertz CT molecular complexity index is 1140. The summed E-state index contributed by atoms with van der Waals surface area (Å²) in [4.78, 5) is 33.7. The van der Waals surface area contributed by atoms with Gasteiger partial charge in [0.1, 0.15) is 5.56 Å². The van der Waals surface area contributed by atoms with E-state index in [4.69, 9.17) is 0 Å². The van der Waals surface area contributed by atoms with E-state index in [2.05, 4.69) is 27.0 Å². The summed E-state index contributed by atoms with van der Waals surface area (Å²) >= 11 is 0. The van der Waals surface area contributed by atoms with Crippen molar-refractivity contribution < 1.29 is 5.11 Å². The predicted molar refractivity (Wildman–Crippen MR) is 121 cm³/mol. The van der Waals surface area contributed by atoms with Crippen LogP contribution in [-0.2, 0) is 13.1 Å². The van der Waals surface area contributed by atoms with Gasteiger partial charge in [-0.2, -0.15) is 0 Å². The van der Waals surface area contributed by atoms with Crippen molar-refractivity contribution in [3.05, 3.63) is 98.2 Å². The summed E-state index contributed by atoms with van der Waals surface area (Å²) < 4.78 is 1.15. The van der Waals surface area contributed by atoms with Crippen molar-refractivity contribution in [3.8, 4) is 5.88 Å². The number of aromatic nitrogens is 2. The fourth-order valence-electron chi connectivity index (χ4n) is 3.85.